The van der Waals surface area contributed by atoms with Crippen LogP contribution in [0.15, 0.2) is 12.1 Å². The molecule has 1 aromatic rings. The minimum atomic E-state index is -0.505. The Labute approximate surface area is 108 Å². The first-order chi connectivity index (χ1) is 8.35. The van der Waals surface area contributed by atoms with Crippen LogP contribution in [0, 0.1) is 5.41 Å². The Morgan fingerprint density at radius 1 is 0.944 bits per heavy atom. The fraction of sp³-hybridized carbons (Fsp3) is 0.500. The lowest BCUT2D eigenvalue weighted by molar-refractivity contribution is 0.0851. The van der Waals surface area contributed by atoms with Gasteiger partial charge in [-0.05, 0) is 0 Å². The van der Waals surface area contributed by atoms with Gasteiger partial charge in [-0.15, -0.1) is 0 Å². The lowest BCUT2D eigenvalue weighted by Gasteiger charge is -2.21. The molecule has 4 heteroatoms. The Morgan fingerprint density at radius 2 is 1.39 bits per heavy atom. The van der Waals surface area contributed by atoms with Crippen LogP contribution in [0.4, 0.5) is 0 Å². The maximum atomic E-state index is 12.4. The van der Waals surface area contributed by atoms with Crippen molar-refractivity contribution in [1.29, 1.82) is 0 Å². The molecule has 18 heavy (non-hydrogen) atoms. The van der Waals surface area contributed by atoms with Gasteiger partial charge in [0, 0.05) is 17.5 Å². The Morgan fingerprint density at radius 3 is 1.67 bits per heavy atom. The van der Waals surface area contributed by atoms with Crippen molar-refractivity contribution >= 4 is 5.78 Å². The molecule has 0 atom stereocenters. The molecule has 0 fully saturated rings. The van der Waals surface area contributed by atoms with Gasteiger partial charge in [-0.1, -0.05) is 20.8 Å². The van der Waals surface area contributed by atoms with E-state index in [1.54, 1.807) is 19.2 Å². The van der Waals surface area contributed by atoms with Crippen molar-refractivity contribution in [2.24, 2.45) is 5.41 Å². The average molecular weight is 252 g/mol. The molecule has 4 nitrogen and oxygen atoms in total. The number of carbonyl (C=O) groups is 1. The summed E-state index contributed by atoms with van der Waals surface area (Å²) in [5, 5.41) is 0. The van der Waals surface area contributed by atoms with Crippen molar-refractivity contribution in [3.8, 4) is 17.2 Å². The minimum Gasteiger partial charge on any atom is -0.496 e. The summed E-state index contributed by atoms with van der Waals surface area (Å²) in [5.74, 6) is 1.49. The van der Waals surface area contributed by atoms with E-state index in [9.17, 15) is 4.79 Å². The van der Waals surface area contributed by atoms with Crippen LogP contribution < -0.4 is 14.2 Å². The van der Waals surface area contributed by atoms with E-state index in [4.69, 9.17) is 14.2 Å². The molecule has 0 heterocycles. The fourth-order valence-corrected chi connectivity index (χ4v) is 1.60. The first-order valence-corrected chi connectivity index (χ1v) is 5.70. The van der Waals surface area contributed by atoms with Crippen molar-refractivity contribution in [2.45, 2.75) is 20.8 Å². The molecular formula is C14H20O4. The SMILES string of the molecule is COc1cc(OC)c(C(=O)C(C)(C)C)c(OC)c1. The number of hydrogen-bond donors (Lipinski definition) is 0. The number of carbonyl (C=O) groups excluding carboxylic acids is 1. The number of rotatable bonds is 4. The second kappa shape index (κ2) is 5.29. The quantitative estimate of drug-likeness (QED) is 0.773. The van der Waals surface area contributed by atoms with E-state index in [1.165, 1.54) is 14.2 Å². The van der Waals surface area contributed by atoms with Gasteiger partial charge < -0.3 is 14.2 Å². The van der Waals surface area contributed by atoms with E-state index in [1.807, 2.05) is 20.8 Å². The molecule has 0 saturated heterocycles. The minimum absolute atomic E-state index is 0.0288. The number of methoxy groups -OCH3 is 3. The van der Waals surface area contributed by atoms with Gasteiger partial charge >= 0.3 is 0 Å². The number of ether oxygens (including phenoxy) is 3. The van der Waals surface area contributed by atoms with Gasteiger partial charge in [-0.2, -0.15) is 0 Å². The molecule has 0 aliphatic rings. The molecule has 0 saturated carbocycles. The summed E-state index contributed by atoms with van der Waals surface area (Å²) in [5.41, 5.74) is -0.0527. The van der Waals surface area contributed by atoms with E-state index in [0.29, 0.717) is 22.8 Å². The topological polar surface area (TPSA) is 44.8 Å². The van der Waals surface area contributed by atoms with E-state index in [2.05, 4.69) is 0 Å². The monoisotopic (exact) mass is 252 g/mol. The van der Waals surface area contributed by atoms with Crippen LogP contribution in [-0.4, -0.2) is 27.1 Å². The number of ketones is 1. The molecule has 1 rings (SSSR count). The van der Waals surface area contributed by atoms with Gasteiger partial charge in [0.1, 0.15) is 22.8 Å². The summed E-state index contributed by atoms with van der Waals surface area (Å²) in [6, 6.07) is 3.36. The van der Waals surface area contributed by atoms with E-state index in [0.717, 1.165) is 0 Å². The highest BCUT2D eigenvalue weighted by molar-refractivity contribution is 6.04. The summed E-state index contributed by atoms with van der Waals surface area (Å²) in [6.45, 7) is 5.58. The van der Waals surface area contributed by atoms with Crippen molar-refractivity contribution < 1.29 is 19.0 Å². The molecule has 0 N–H and O–H groups in total. The highest BCUT2D eigenvalue weighted by Crippen LogP contribution is 2.37. The van der Waals surface area contributed by atoms with Crippen molar-refractivity contribution in [2.75, 3.05) is 21.3 Å². The molecule has 0 unspecified atom stereocenters. The van der Waals surface area contributed by atoms with Crippen LogP contribution in [0.5, 0.6) is 17.2 Å². The lowest BCUT2D eigenvalue weighted by atomic mass is 9.85. The molecule has 0 radical (unpaired) electrons. The molecule has 100 valence electrons. The number of benzene rings is 1. The van der Waals surface area contributed by atoms with E-state index in [-0.39, 0.29) is 5.78 Å². The number of Topliss-reactive ketones (excluding diaryl/α,β-unsaturated/α-hetero) is 1. The molecule has 0 amide bonds. The number of hydrogen-bond acceptors (Lipinski definition) is 4. The normalized spacial score (nSPS) is 11.0. The summed E-state index contributed by atoms with van der Waals surface area (Å²) >= 11 is 0. The largest absolute Gasteiger partial charge is 0.496 e. The maximum Gasteiger partial charge on any atom is 0.175 e. The predicted molar refractivity (Wildman–Crippen MR) is 69.9 cm³/mol. The Hall–Kier alpha value is -1.71. The Balaban J connectivity index is 3.45. The molecule has 0 aliphatic heterocycles. The third-order valence-electron chi connectivity index (χ3n) is 2.62. The summed E-state index contributed by atoms with van der Waals surface area (Å²) in [6.07, 6.45) is 0. The van der Waals surface area contributed by atoms with Gasteiger partial charge in [0.25, 0.3) is 0 Å². The molecule has 0 spiro atoms. The van der Waals surface area contributed by atoms with Gasteiger partial charge in [0.05, 0.1) is 21.3 Å². The molecular weight excluding hydrogens is 232 g/mol. The molecule has 0 aliphatic carbocycles. The first-order valence-electron chi connectivity index (χ1n) is 5.70. The van der Waals surface area contributed by atoms with Crippen LogP contribution in [0.1, 0.15) is 31.1 Å². The first kappa shape index (κ1) is 14.4. The van der Waals surface area contributed by atoms with Gasteiger partial charge in [-0.3, -0.25) is 4.79 Å². The second-order valence-corrected chi connectivity index (χ2v) is 4.99. The van der Waals surface area contributed by atoms with Crippen molar-refractivity contribution in [3.05, 3.63) is 17.7 Å². The zero-order valence-corrected chi connectivity index (χ0v) is 11.8. The smallest absolute Gasteiger partial charge is 0.175 e. The van der Waals surface area contributed by atoms with Crippen molar-refractivity contribution in [1.82, 2.24) is 0 Å². The third kappa shape index (κ3) is 2.75. The average Bonchev–Trinajstić information content (AvgIpc) is 2.34. The van der Waals surface area contributed by atoms with Gasteiger partial charge in [0.2, 0.25) is 0 Å². The maximum absolute atomic E-state index is 12.4. The predicted octanol–water partition coefficient (Wildman–Crippen LogP) is 2.94. The van der Waals surface area contributed by atoms with Crippen LogP contribution in [-0.2, 0) is 0 Å². The molecule has 1 aromatic carbocycles. The second-order valence-electron chi connectivity index (χ2n) is 4.99. The van der Waals surface area contributed by atoms with Gasteiger partial charge in [-0.25, -0.2) is 0 Å². The van der Waals surface area contributed by atoms with Crippen molar-refractivity contribution in [3.63, 3.8) is 0 Å². The highest BCUT2D eigenvalue weighted by atomic mass is 16.5. The Bertz CT molecular complexity index is 419. The van der Waals surface area contributed by atoms with Crippen LogP contribution in [0.3, 0.4) is 0 Å². The van der Waals surface area contributed by atoms with Crippen LogP contribution in [0.25, 0.3) is 0 Å². The summed E-state index contributed by atoms with van der Waals surface area (Å²) in [4.78, 5) is 12.4. The van der Waals surface area contributed by atoms with Crippen LogP contribution in [0.2, 0.25) is 0 Å². The zero-order chi connectivity index (χ0) is 13.9. The van der Waals surface area contributed by atoms with Crippen LogP contribution >= 0.6 is 0 Å². The van der Waals surface area contributed by atoms with E-state index >= 15 is 0 Å². The Kier molecular flexibility index (Phi) is 4.22. The molecule has 0 aromatic heterocycles. The lowest BCUT2D eigenvalue weighted by Crippen LogP contribution is -2.21. The van der Waals surface area contributed by atoms with Gasteiger partial charge in [0.15, 0.2) is 5.78 Å². The third-order valence-corrected chi connectivity index (χ3v) is 2.62. The fourth-order valence-electron chi connectivity index (χ4n) is 1.60. The summed E-state index contributed by atoms with van der Waals surface area (Å²) < 4.78 is 15.7. The summed E-state index contributed by atoms with van der Waals surface area (Å²) in [7, 11) is 4.60. The zero-order valence-electron chi connectivity index (χ0n) is 11.8. The molecule has 0 bridgehead atoms. The highest BCUT2D eigenvalue weighted by Gasteiger charge is 2.29. The van der Waals surface area contributed by atoms with E-state index < -0.39 is 5.41 Å². The standard InChI is InChI=1S/C14H20O4/c1-14(2,3)13(15)12-10(17-5)7-9(16-4)8-11(12)18-6/h7-8H,1-6H3.